The number of azide groups is 1. The molecule has 16 nitrogen and oxygen atoms in total. The molecule has 41 heavy (non-hydrogen) atoms. The van der Waals surface area contributed by atoms with Gasteiger partial charge in [0.2, 0.25) is 11.8 Å². The molecule has 0 spiro atoms. The van der Waals surface area contributed by atoms with Crippen molar-refractivity contribution in [1.82, 2.24) is 15.5 Å². The van der Waals surface area contributed by atoms with Crippen LogP contribution in [0.2, 0.25) is 0 Å². The van der Waals surface area contributed by atoms with E-state index in [2.05, 4.69) is 20.7 Å². The number of imide groups is 2. The Labute approximate surface area is 235 Å². The van der Waals surface area contributed by atoms with Crippen molar-refractivity contribution in [2.45, 2.75) is 18.9 Å². The fourth-order valence-corrected chi connectivity index (χ4v) is 3.97. The van der Waals surface area contributed by atoms with Gasteiger partial charge in [0, 0.05) is 24.4 Å². The highest BCUT2D eigenvalue weighted by atomic mass is 16.6. The first-order valence-electron chi connectivity index (χ1n) is 13.0. The normalized spacial score (nSPS) is 16.3. The highest BCUT2D eigenvalue weighted by Crippen LogP contribution is 2.33. The third-order valence-electron chi connectivity index (χ3n) is 5.87. The third-order valence-corrected chi connectivity index (χ3v) is 5.87. The highest BCUT2D eigenvalue weighted by molar-refractivity contribution is 6.24. The molecule has 0 saturated carbocycles. The summed E-state index contributed by atoms with van der Waals surface area (Å²) in [6.45, 7) is 2.96. The third kappa shape index (κ3) is 9.51. The molecule has 1 unspecified atom stereocenters. The summed E-state index contributed by atoms with van der Waals surface area (Å²) in [4.78, 5) is 65.2. The van der Waals surface area contributed by atoms with E-state index in [4.69, 9.17) is 29.2 Å². The zero-order chi connectivity index (χ0) is 29.5. The first-order chi connectivity index (χ1) is 19.9. The minimum absolute atomic E-state index is 0.0130. The van der Waals surface area contributed by atoms with Gasteiger partial charge in [0.1, 0.15) is 11.8 Å². The van der Waals surface area contributed by atoms with E-state index in [9.17, 15) is 24.0 Å². The second-order valence-electron chi connectivity index (χ2n) is 8.67. The molecule has 16 heteroatoms. The number of carbonyl (C=O) groups excluding carboxylic acids is 5. The van der Waals surface area contributed by atoms with E-state index in [1.54, 1.807) is 0 Å². The van der Waals surface area contributed by atoms with Crippen molar-refractivity contribution in [2.24, 2.45) is 5.11 Å². The number of hydrogen-bond acceptors (Lipinski definition) is 11. The predicted molar refractivity (Wildman–Crippen MR) is 139 cm³/mol. The minimum Gasteiger partial charge on any atom is -0.483 e. The lowest BCUT2D eigenvalue weighted by molar-refractivity contribution is -0.136. The number of piperidine rings is 1. The van der Waals surface area contributed by atoms with Crippen molar-refractivity contribution in [3.63, 3.8) is 0 Å². The van der Waals surface area contributed by atoms with Gasteiger partial charge in [0.25, 0.3) is 17.7 Å². The van der Waals surface area contributed by atoms with Crippen LogP contribution in [-0.2, 0) is 33.3 Å². The molecule has 2 aliphatic rings. The van der Waals surface area contributed by atoms with Crippen molar-refractivity contribution in [3.8, 4) is 5.75 Å². The van der Waals surface area contributed by atoms with Crippen molar-refractivity contribution in [3.05, 3.63) is 39.8 Å². The molecule has 5 amide bonds. The number of fused-ring (bicyclic) bond motifs is 1. The summed E-state index contributed by atoms with van der Waals surface area (Å²) in [5.74, 6) is -2.96. The lowest BCUT2D eigenvalue weighted by atomic mass is 10.0. The number of nitrogens with zero attached hydrogens (tertiary/aromatic N) is 4. The fourth-order valence-electron chi connectivity index (χ4n) is 3.97. The Bertz CT molecular complexity index is 1160. The molecule has 2 heterocycles. The van der Waals surface area contributed by atoms with Crippen molar-refractivity contribution in [2.75, 3.05) is 72.6 Å². The molecule has 0 aromatic heterocycles. The van der Waals surface area contributed by atoms with Gasteiger partial charge in [-0.25, -0.2) is 0 Å². The van der Waals surface area contributed by atoms with Crippen LogP contribution in [0.1, 0.15) is 33.6 Å². The van der Waals surface area contributed by atoms with Crippen LogP contribution >= 0.6 is 0 Å². The summed E-state index contributed by atoms with van der Waals surface area (Å²) in [5, 5.41) is 8.11. The van der Waals surface area contributed by atoms with Gasteiger partial charge in [-0.05, 0) is 24.1 Å². The van der Waals surface area contributed by atoms with Crippen LogP contribution in [0.25, 0.3) is 10.4 Å². The molecular weight excluding hydrogens is 544 g/mol. The number of carbonyl (C=O) groups is 5. The average Bonchev–Trinajstić information content (AvgIpc) is 3.21. The second-order valence-corrected chi connectivity index (χ2v) is 8.67. The zero-order valence-corrected chi connectivity index (χ0v) is 22.4. The van der Waals surface area contributed by atoms with Gasteiger partial charge < -0.3 is 29.0 Å². The van der Waals surface area contributed by atoms with Gasteiger partial charge >= 0.3 is 0 Å². The molecule has 0 radical (unpaired) electrons. The van der Waals surface area contributed by atoms with E-state index in [1.165, 1.54) is 18.2 Å². The molecule has 0 bridgehead atoms. The van der Waals surface area contributed by atoms with Crippen LogP contribution in [0.15, 0.2) is 23.3 Å². The summed E-state index contributed by atoms with van der Waals surface area (Å²) >= 11 is 0. The average molecular weight is 577 g/mol. The van der Waals surface area contributed by atoms with E-state index in [1.807, 2.05) is 0 Å². The lowest BCUT2D eigenvalue weighted by Crippen LogP contribution is -2.54. The standard InChI is InChI=1S/C25H32N6O10/c26-30-28-7-9-38-11-13-40-15-14-39-12-10-37-8-6-27-21(33)16-41-19-3-1-2-17-22(19)25(36)31(24(17)35)18-4-5-20(32)29-23(18)34/h1-3,18H,4-16H2,(H,27,33)(H,29,32,34). The predicted octanol–water partition coefficient (Wildman–Crippen LogP) is -0.0405. The zero-order valence-electron chi connectivity index (χ0n) is 22.4. The number of rotatable bonds is 19. The van der Waals surface area contributed by atoms with Gasteiger partial charge in [0.05, 0.1) is 64.0 Å². The molecule has 1 saturated heterocycles. The maximum absolute atomic E-state index is 13.0. The molecule has 222 valence electrons. The number of hydrogen-bond donors (Lipinski definition) is 2. The molecular formula is C25H32N6O10. The second kappa shape index (κ2) is 16.9. The lowest BCUT2D eigenvalue weighted by Gasteiger charge is -2.27. The monoisotopic (exact) mass is 576 g/mol. The SMILES string of the molecule is [N-]=[N+]=NCCOCCOCCOCCOCCNC(=O)COc1cccc2c1C(=O)N(C1CCC(=O)NC1=O)C2=O. The van der Waals surface area contributed by atoms with E-state index < -0.39 is 42.2 Å². The molecule has 2 aliphatic heterocycles. The maximum Gasteiger partial charge on any atom is 0.266 e. The summed E-state index contributed by atoms with van der Waals surface area (Å²) < 4.78 is 26.8. The van der Waals surface area contributed by atoms with E-state index in [0.29, 0.717) is 46.2 Å². The molecule has 3 rings (SSSR count). The van der Waals surface area contributed by atoms with Crippen LogP contribution in [-0.4, -0.2) is 113 Å². The molecule has 1 aromatic carbocycles. The van der Waals surface area contributed by atoms with Crippen LogP contribution in [0.4, 0.5) is 0 Å². The molecule has 0 aliphatic carbocycles. The van der Waals surface area contributed by atoms with E-state index >= 15 is 0 Å². The van der Waals surface area contributed by atoms with Gasteiger partial charge in [-0.3, -0.25) is 34.2 Å². The quantitative estimate of drug-likeness (QED) is 0.0738. The van der Waals surface area contributed by atoms with Crippen molar-refractivity contribution in [1.29, 1.82) is 0 Å². The summed E-state index contributed by atoms with van der Waals surface area (Å²) in [6, 6.07) is 3.32. The topological polar surface area (TPSA) is 208 Å². The van der Waals surface area contributed by atoms with Gasteiger partial charge in [-0.2, -0.15) is 0 Å². The summed E-state index contributed by atoms with van der Waals surface area (Å²) in [5.41, 5.74) is 8.17. The van der Waals surface area contributed by atoms with Crippen LogP contribution in [0.5, 0.6) is 5.75 Å². The number of amides is 5. The summed E-state index contributed by atoms with van der Waals surface area (Å²) in [7, 11) is 0. The van der Waals surface area contributed by atoms with Crippen molar-refractivity contribution >= 4 is 29.5 Å². The number of nitrogens with one attached hydrogen (secondary N) is 2. The highest BCUT2D eigenvalue weighted by Gasteiger charge is 2.46. The largest absolute Gasteiger partial charge is 0.483 e. The Hall–Kier alpha value is -4.08. The Balaban J connectivity index is 1.27. The first kappa shape index (κ1) is 31.4. The number of ether oxygens (including phenoxy) is 5. The molecule has 1 fully saturated rings. The van der Waals surface area contributed by atoms with Crippen LogP contribution in [0.3, 0.4) is 0 Å². The Morgan fingerprint density at radius 1 is 0.976 bits per heavy atom. The van der Waals surface area contributed by atoms with Gasteiger partial charge in [-0.15, -0.1) is 0 Å². The molecule has 1 atom stereocenters. The molecule has 1 aromatic rings. The first-order valence-corrected chi connectivity index (χ1v) is 13.0. The smallest absolute Gasteiger partial charge is 0.266 e. The van der Waals surface area contributed by atoms with Crippen LogP contribution in [0, 0.1) is 0 Å². The maximum atomic E-state index is 13.0. The van der Waals surface area contributed by atoms with E-state index in [0.717, 1.165) is 4.90 Å². The Morgan fingerprint density at radius 3 is 2.29 bits per heavy atom. The number of benzene rings is 1. The fraction of sp³-hybridized carbons (Fsp3) is 0.560. The molecule has 2 N–H and O–H groups in total. The van der Waals surface area contributed by atoms with Gasteiger partial charge in [0.15, 0.2) is 6.61 Å². The Kier molecular flexibility index (Phi) is 13.0. The summed E-state index contributed by atoms with van der Waals surface area (Å²) in [6.07, 6.45) is 0.0510. The Morgan fingerprint density at radius 2 is 1.63 bits per heavy atom. The van der Waals surface area contributed by atoms with E-state index in [-0.39, 0.29) is 49.4 Å². The minimum atomic E-state index is -1.09. The van der Waals surface area contributed by atoms with Crippen molar-refractivity contribution < 1.29 is 47.7 Å². The van der Waals surface area contributed by atoms with Crippen LogP contribution < -0.4 is 15.4 Å². The van der Waals surface area contributed by atoms with Gasteiger partial charge in [-0.1, -0.05) is 11.2 Å².